The number of anilines is 3. The Morgan fingerprint density at radius 2 is 1.70 bits per heavy atom. The molecule has 1 amide bonds. The van der Waals surface area contributed by atoms with Crippen LogP contribution in [-0.2, 0) is 4.79 Å². The van der Waals surface area contributed by atoms with Gasteiger partial charge in [-0.05, 0) is 67.9 Å². The fourth-order valence-corrected chi connectivity index (χ4v) is 4.67. The Kier molecular flexibility index (Phi) is 6.11. The minimum atomic E-state index is -0.127. The zero-order valence-corrected chi connectivity index (χ0v) is 20.4. The monoisotopic (exact) mass is 493 g/mol. The molecule has 6 rings (SSSR count). The molecule has 3 aromatic carbocycles. The number of rotatable bonds is 6. The second-order valence-electron chi connectivity index (χ2n) is 9.08. The van der Waals surface area contributed by atoms with E-state index in [1.54, 1.807) is 11.6 Å². The van der Waals surface area contributed by atoms with Crippen molar-refractivity contribution in [2.75, 3.05) is 24.3 Å². The number of amides is 1. The molecule has 1 aliphatic heterocycles. The molecule has 0 radical (unpaired) electrons. The molecule has 37 heavy (non-hydrogen) atoms. The van der Waals surface area contributed by atoms with Gasteiger partial charge in [0.05, 0.1) is 13.2 Å². The van der Waals surface area contributed by atoms with Gasteiger partial charge < -0.3 is 20.7 Å². The second kappa shape index (κ2) is 9.87. The van der Waals surface area contributed by atoms with Crippen LogP contribution < -0.4 is 20.7 Å². The molecule has 1 aliphatic rings. The molecule has 5 aromatic rings. The average Bonchev–Trinajstić information content (AvgIpc) is 3.39. The molecule has 0 aliphatic carbocycles. The molecule has 0 saturated carbocycles. The molecular weight excluding hydrogens is 466 g/mol. The topological polar surface area (TPSA) is 105 Å². The summed E-state index contributed by atoms with van der Waals surface area (Å²) in [4.78, 5) is 12.6. The zero-order valence-electron chi connectivity index (χ0n) is 20.4. The van der Waals surface area contributed by atoms with E-state index in [0.717, 1.165) is 59.3 Å². The van der Waals surface area contributed by atoms with E-state index in [-0.39, 0.29) is 11.9 Å². The maximum Gasteiger partial charge on any atom is 0.241 e. The van der Waals surface area contributed by atoms with E-state index in [1.165, 1.54) is 0 Å². The third kappa shape index (κ3) is 4.56. The van der Waals surface area contributed by atoms with Gasteiger partial charge >= 0.3 is 0 Å². The summed E-state index contributed by atoms with van der Waals surface area (Å²) in [6.07, 6.45) is 3.07. The van der Waals surface area contributed by atoms with E-state index in [9.17, 15) is 4.79 Å². The Bertz CT molecular complexity index is 1560. The highest BCUT2D eigenvalue weighted by atomic mass is 16.5. The lowest BCUT2D eigenvalue weighted by molar-refractivity contribution is -0.118. The summed E-state index contributed by atoms with van der Waals surface area (Å²) >= 11 is 0. The van der Waals surface area contributed by atoms with Crippen LogP contribution in [-0.4, -0.2) is 45.4 Å². The Morgan fingerprint density at radius 1 is 0.946 bits per heavy atom. The van der Waals surface area contributed by atoms with Crippen molar-refractivity contribution in [2.24, 2.45) is 0 Å². The number of carbonyl (C=O) groups is 1. The number of hydrogen-bond donors (Lipinski definition) is 3. The molecule has 1 saturated heterocycles. The van der Waals surface area contributed by atoms with Crippen LogP contribution in [0.2, 0.25) is 0 Å². The number of methoxy groups -OCH3 is 1. The fourth-order valence-electron chi connectivity index (χ4n) is 4.67. The van der Waals surface area contributed by atoms with E-state index in [4.69, 9.17) is 9.84 Å². The van der Waals surface area contributed by atoms with E-state index in [2.05, 4.69) is 26.1 Å². The first-order valence-corrected chi connectivity index (χ1v) is 12.4. The van der Waals surface area contributed by atoms with Gasteiger partial charge in [0.2, 0.25) is 5.91 Å². The predicted molar refractivity (Wildman–Crippen MR) is 144 cm³/mol. The Balaban J connectivity index is 1.30. The van der Waals surface area contributed by atoms with Gasteiger partial charge in [-0.3, -0.25) is 4.79 Å². The van der Waals surface area contributed by atoms with Gasteiger partial charge in [0.25, 0.3) is 0 Å². The maximum atomic E-state index is 12.6. The van der Waals surface area contributed by atoms with Crippen LogP contribution in [0.3, 0.4) is 0 Å². The van der Waals surface area contributed by atoms with Crippen molar-refractivity contribution in [2.45, 2.75) is 25.3 Å². The minimum absolute atomic E-state index is 0.0113. The van der Waals surface area contributed by atoms with Gasteiger partial charge in [-0.2, -0.15) is 4.52 Å². The molecule has 1 unspecified atom stereocenters. The van der Waals surface area contributed by atoms with Gasteiger partial charge in [0, 0.05) is 27.7 Å². The lowest BCUT2D eigenvalue weighted by Crippen LogP contribution is -2.43. The molecule has 9 nitrogen and oxygen atoms in total. The number of nitrogens with one attached hydrogen (secondary N) is 3. The van der Waals surface area contributed by atoms with Crippen LogP contribution in [0, 0.1) is 0 Å². The van der Waals surface area contributed by atoms with E-state index in [0.29, 0.717) is 17.3 Å². The fraction of sp³-hybridized carbons (Fsp3) is 0.214. The average molecular weight is 494 g/mol. The quantitative estimate of drug-likeness (QED) is 0.313. The number of benzene rings is 3. The molecule has 3 N–H and O–H groups in total. The number of piperidine rings is 1. The van der Waals surface area contributed by atoms with Gasteiger partial charge in [-0.25, -0.2) is 0 Å². The smallest absolute Gasteiger partial charge is 0.241 e. The van der Waals surface area contributed by atoms with Crippen LogP contribution in [0.1, 0.15) is 19.3 Å². The van der Waals surface area contributed by atoms with Crippen molar-refractivity contribution in [1.29, 1.82) is 0 Å². The number of aromatic nitrogens is 4. The summed E-state index contributed by atoms with van der Waals surface area (Å²) in [5, 5.41) is 25.4. The van der Waals surface area contributed by atoms with Crippen molar-refractivity contribution in [3.63, 3.8) is 0 Å². The standard InChI is InChI=1S/C28H27N7O2/c1-37-21-15-9-18(10-16-21)26-32-33-27-23-7-3-2-6-22(23)25(34-35(26)27)30-19-11-13-20(14-12-19)31-28(36)24-8-4-5-17-29-24/h2-3,6-7,9-16,24,29H,4-5,8,17H2,1H3,(H,30,34)(H,31,36). The van der Waals surface area contributed by atoms with Crippen molar-refractivity contribution in [3.8, 4) is 17.1 Å². The lowest BCUT2D eigenvalue weighted by atomic mass is 10.0. The highest BCUT2D eigenvalue weighted by Crippen LogP contribution is 2.30. The van der Waals surface area contributed by atoms with Crippen molar-refractivity contribution in [3.05, 3.63) is 72.8 Å². The van der Waals surface area contributed by atoms with Crippen LogP contribution >= 0.6 is 0 Å². The van der Waals surface area contributed by atoms with Crippen molar-refractivity contribution in [1.82, 2.24) is 25.1 Å². The van der Waals surface area contributed by atoms with Crippen molar-refractivity contribution < 1.29 is 9.53 Å². The minimum Gasteiger partial charge on any atom is -0.497 e. The predicted octanol–water partition coefficient (Wildman–Crippen LogP) is 4.78. The summed E-state index contributed by atoms with van der Waals surface area (Å²) < 4.78 is 7.04. The SMILES string of the molecule is COc1ccc(-c2nnc3c4ccccc4c(Nc4ccc(NC(=O)C5CCCCN5)cc4)nn23)cc1. The van der Waals surface area contributed by atoms with E-state index < -0.39 is 0 Å². The first-order valence-electron chi connectivity index (χ1n) is 12.4. The number of fused-ring (bicyclic) bond motifs is 3. The highest BCUT2D eigenvalue weighted by Gasteiger charge is 2.20. The Morgan fingerprint density at radius 3 is 2.43 bits per heavy atom. The zero-order chi connectivity index (χ0) is 25.2. The van der Waals surface area contributed by atoms with E-state index >= 15 is 0 Å². The van der Waals surface area contributed by atoms with Gasteiger partial charge in [-0.1, -0.05) is 30.7 Å². The van der Waals surface area contributed by atoms with Gasteiger partial charge in [0.15, 0.2) is 17.3 Å². The Labute approximate surface area is 213 Å². The van der Waals surface area contributed by atoms with Crippen molar-refractivity contribution >= 4 is 39.5 Å². The number of carbonyl (C=O) groups excluding carboxylic acids is 1. The molecule has 1 fully saturated rings. The van der Waals surface area contributed by atoms with Crippen LogP contribution in [0.25, 0.3) is 27.8 Å². The second-order valence-corrected chi connectivity index (χ2v) is 9.08. The number of ether oxygens (including phenoxy) is 1. The lowest BCUT2D eigenvalue weighted by Gasteiger charge is -2.22. The largest absolute Gasteiger partial charge is 0.497 e. The van der Waals surface area contributed by atoms with E-state index in [1.807, 2.05) is 72.8 Å². The maximum absolute atomic E-state index is 12.6. The molecule has 0 spiro atoms. The highest BCUT2D eigenvalue weighted by molar-refractivity contribution is 6.01. The molecular formula is C28H27N7O2. The summed E-state index contributed by atoms with van der Waals surface area (Å²) in [6, 6.07) is 23.2. The van der Waals surface area contributed by atoms with Crippen LogP contribution in [0.5, 0.6) is 5.75 Å². The summed E-state index contributed by atoms with van der Waals surface area (Å²) in [5.74, 6) is 2.10. The molecule has 1 atom stereocenters. The Hall–Kier alpha value is -4.50. The third-order valence-corrected chi connectivity index (χ3v) is 6.65. The van der Waals surface area contributed by atoms with Gasteiger partial charge in [-0.15, -0.1) is 15.3 Å². The summed E-state index contributed by atoms with van der Waals surface area (Å²) in [7, 11) is 1.64. The molecule has 3 heterocycles. The molecule has 2 aromatic heterocycles. The summed E-state index contributed by atoms with van der Waals surface area (Å²) in [5.41, 5.74) is 3.18. The first-order chi connectivity index (χ1) is 18.2. The number of nitrogens with zero attached hydrogens (tertiary/aromatic N) is 4. The van der Waals surface area contributed by atoms with Gasteiger partial charge in [0.1, 0.15) is 5.75 Å². The number of hydrogen-bond acceptors (Lipinski definition) is 7. The molecule has 0 bridgehead atoms. The first kappa shape index (κ1) is 22.9. The molecule has 9 heteroatoms. The molecule has 186 valence electrons. The summed E-state index contributed by atoms with van der Waals surface area (Å²) in [6.45, 7) is 0.888. The third-order valence-electron chi connectivity index (χ3n) is 6.65. The normalized spacial score (nSPS) is 15.5. The van der Waals surface area contributed by atoms with Crippen LogP contribution in [0.4, 0.5) is 17.2 Å². The van der Waals surface area contributed by atoms with Crippen LogP contribution in [0.15, 0.2) is 72.8 Å².